The number of carboxylic acids is 2. The van der Waals surface area contributed by atoms with E-state index in [0.717, 1.165) is 12.8 Å². The topological polar surface area (TPSA) is 77.8 Å². The zero-order valence-corrected chi connectivity index (χ0v) is 10.1. The quantitative estimate of drug-likeness (QED) is 0.658. The van der Waals surface area contributed by atoms with Gasteiger partial charge in [0.2, 0.25) is 0 Å². The van der Waals surface area contributed by atoms with Crippen LogP contribution in [0.1, 0.15) is 33.6 Å². The van der Waals surface area contributed by atoms with Crippen LogP contribution in [-0.2, 0) is 9.59 Å². The molecule has 16 heavy (non-hydrogen) atoms. The summed E-state index contributed by atoms with van der Waals surface area (Å²) in [7, 11) is 0. The van der Waals surface area contributed by atoms with Gasteiger partial charge in [-0.3, -0.25) is 14.5 Å². The zero-order chi connectivity index (χ0) is 12.7. The molecule has 1 atom stereocenters. The first kappa shape index (κ1) is 14.9. The van der Waals surface area contributed by atoms with E-state index in [2.05, 4.69) is 13.8 Å². The van der Waals surface area contributed by atoms with Crippen molar-refractivity contribution in [2.24, 2.45) is 5.92 Å². The molecule has 0 aromatic heterocycles. The van der Waals surface area contributed by atoms with E-state index in [0.29, 0.717) is 5.92 Å². The molecule has 0 saturated carbocycles. The summed E-state index contributed by atoms with van der Waals surface area (Å²) >= 11 is 0. The number of rotatable bonds is 8. The molecule has 5 nitrogen and oxygen atoms in total. The molecule has 5 heteroatoms. The van der Waals surface area contributed by atoms with E-state index in [1.54, 1.807) is 0 Å². The molecule has 0 heterocycles. The first-order valence-corrected chi connectivity index (χ1v) is 5.50. The van der Waals surface area contributed by atoms with Crippen LogP contribution in [0.2, 0.25) is 0 Å². The third-order valence-electron chi connectivity index (χ3n) is 2.46. The molecule has 0 aliphatic carbocycles. The largest absolute Gasteiger partial charge is 0.480 e. The minimum Gasteiger partial charge on any atom is -0.480 e. The molecule has 0 rings (SSSR count). The van der Waals surface area contributed by atoms with Crippen molar-refractivity contribution in [3.63, 3.8) is 0 Å². The number of carbonyl (C=O) groups is 2. The van der Waals surface area contributed by atoms with Crippen LogP contribution in [-0.4, -0.2) is 46.2 Å². The smallest absolute Gasteiger partial charge is 0.317 e. The van der Waals surface area contributed by atoms with Crippen LogP contribution >= 0.6 is 0 Å². The number of nitrogens with zero attached hydrogens (tertiary/aromatic N) is 1. The van der Waals surface area contributed by atoms with Crippen LogP contribution in [0.25, 0.3) is 0 Å². The summed E-state index contributed by atoms with van der Waals surface area (Å²) in [6.07, 6.45) is 1.79. The standard InChI is InChI=1S/C11H21NO4/c1-8(2)4-5-9(3)12(6-10(13)14)7-11(15)16/h8-9H,4-7H2,1-3H3,(H,13,14)(H,15,16). The van der Waals surface area contributed by atoms with Gasteiger partial charge in [-0.1, -0.05) is 13.8 Å². The summed E-state index contributed by atoms with van der Waals surface area (Å²) in [6, 6.07) is -0.0189. The van der Waals surface area contributed by atoms with Crippen LogP contribution in [0.15, 0.2) is 0 Å². The molecule has 0 aromatic carbocycles. The second kappa shape index (κ2) is 7.22. The van der Waals surface area contributed by atoms with Crippen molar-refractivity contribution in [1.29, 1.82) is 0 Å². The van der Waals surface area contributed by atoms with Gasteiger partial charge in [0, 0.05) is 6.04 Å². The average Bonchev–Trinajstić information content (AvgIpc) is 2.11. The van der Waals surface area contributed by atoms with Crippen molar-refractivity contribution >= 4 is 11.9 Å². The number of hydrogen-bond donors (Lipinski definition) is 2. The maximum atomic E-state index is 10.6. The SMILES string of the molecule is CC(C)CCC(C)N(CC(=O)O)CC(=O)O. The van der Waals surface area contributed by atoms with Crippen molar-refractivity contribution in [2.45, 2.75) is 39.7 Å². The van der Waals surface area contributed by atoms with Gasteiger partial charge in [0.25, 0.3) is 0 Å². The van der Waals surface area contributed by atoms with Gasteiger partial charge < -0.3 is 10.2 Å². The molecule has 0 aromatic rings. The fourth-order valence-corrected chi connectivity index (χ4v) is 1.47. The highest BCUT2D eigenvalue weighted by Gasteiger charge is 2.19. The maximum Gasteiger partial charge on any atom is 0.317 e. The Morgan fingerprint density at radius 1 is 1.00 bits per heavy atom. The monoisotopic (exact) mass is 231 g/mol. The van der Waals surface area contributed by atoms with Crippen molar-refractivity contribution in [1.82, 2.24) is 4.90 Å². The van der Waals surface area contributed by atoms with Crippen molar-refractivity contribution in [2.75, 3.05) is 13.1 Å². The molecule has 0 aliphatic rings. The second-order valence-corrected chi connectivity index (χ2v) is 4.51. The summed E-state index contributed by atoms with van der Waals surface area (Å²) < 4.78 is 0. The van der Waals surface area contributed by atoms with Gasteiger partial charge in [-0.25, -0.2) is 0 Å². The van der Waals surface area contributed by atoms with Crippen molar-refractivity contribution in [3.8, 4) is 0 Å². The van der Waals surface area contributed by atoms with E-state index in [-0.39, 0.29) is 19.1 Å². The van der Waals surface area contributed by atoms with E-state index in [1.165, 1.54) is 4.90 Å². The Kier molecular flexibility index (Phi) is 6.72. The highest BCUT2D eigenvalue weighted by atomic mass is 16.4. The van der Waals surface area contributed by atoms with Gasteiger partial charge in [-0.05, 0) is 25.7 Å². The minimum absolute atomic E-state index is 0.0189. The molecule has 0 spiro atoms. The lowest BCUT2D eigenvalue weighted by atomic mass is 10.0. The van der Waals surface area contributed by atoms with Crippen LogP contribution in [0.4, 0.5) is 0 Å². The van der Waals surface area contributed by atoms with E-state index < -0.39 is 11.9 Å². The summed E-state index contributed by atoms with van der Waals surface area (Å²) in [4.78, 5) is 22.7. The van der Waals surface area contributed by atoms with Gasteiger partial charge in [-0.15, -0.1) is 0 Å². The van der Waals surface area contributed by atoms with Crippen LogP contribution in [0.3, 0.4) is 0 Å². The molecule has 0 amide bonds. The zero-order valence-electron chi connectivity index (χ0n) is 10.1. The highest BCUT2D eigenvalue weighted by molar-refractivity contribution is 5.72. The molecule has 0 aliphatic heterocycles. The first-order chi connectivity index (χ1) is 7.32. The van der Waals surface area contributed by atoms with Gasteiger partial charge in [-0.2, -0.15) is 0 Å². The second-order valence-electron chi connectivity index (χ2n) is 4.51. The molecular weight excluding hydrogens is 210 g/mol. The lowest BCUT2D eigenvalue weighted by Crippen LogP contribution is -2.41. The van der Waals surface area contributed by atoms with Crippen LogP contribution in [0.5, 0.6) is 0 Å². The van der Waals surface area contributed by atoms with Gasteiger partial charge in [0.1, 0.15) is 0 Å². The van der Waals surface area contributed by atoms with Gasteiger partial charge >= 0.3 is 11.9 Å². The van der Waals surface area contributed by atoms with Crippen LogP contribution < -0.4 is 0 Å². The Morgan fingerprint density at radius 2 is 1.44 bits per heavy atom. The molecule has 94 valence electrons. The lowest BCUT2D eigenvalue weighted by Gasteiger charge is -2.26. The Labute approximate surface area is 96.1 Å². The van der Waals surface area contributed by atoms with E-state index in [9.17, 15) is 9.59 Å². The fraction of sp³-hybridized carbons (Fsp3) is 0.818. The van der Waals surface area contributed by atoms with Crippen molar-refractivity contribution < 1.29 is 19.8 Å². The first-order valence-electron chi connectivity index (χ1n) is 5.50. The Bertz CT molecular complexity index is 224. The van der Waals surface area contributed by atoms with E-state index in [4.69, 9.17) is 10.2 Å². The fourth-order valence-electron chi connectivity index (χ4n) is 1.47. The van der Waals surface area contributed by atoms with E-state index in [1.807, 2.05) is 6.92 Å². The van der Waals surface area contributed by atoms with Gasteiger partial charge in [0.05, 0.1) is 13.1 Å². The third-order valence-corrected chi connectivity index (χ3v) is 2.46. The van der Waals surface area contributed by atoms with Crippen molar-refractivity contribution in [3.05, 3.63) is 0 Å². The minimum atomic E-state index is -0.988. The molecule has 0 fully saturated rings. The summed E-state index contributed by atoms with van der Waals surface area (Å²) in [5.74, 6) is -1.44. The summed E-state index contributed by atoms with van der Waals surface area (Å²) in [5.41, 5.74) is 0. The van der Waals surface area contributed by atoms with E-state index >= 15 is 0 Å². The molecule has 0 saturated heterocycles. The molecular formula is C11H21NO4. The predicted molar refractivity (Wildman–Crippen MR) is 60.4 cm³/mol. The molecule has 0 bridgehead atoms. The average molecular weight is 231 g/mol. The highest BCUT2D eigenvalue weighted by Crippen LogP contribution is 2.11. The predicted octanol–water partition coefficient (Wildman–Crippen LogP) is 1.28. The van der Waals surface area contributed by atoms with Gasteiger partial charge in [0.15, 0.2) is 0 Å². The Morgan fingerprint density at radius 3 is 1.75 bits per heavy atom. The molecule has 0 radical (unpaired) electrons. The summed E-state index contributed by atoms with van der Waals surface area (Å²) in [5, 5.41) is 17.4. The lowest BCUT2D eigenvalue weighted by molar-refractivity contribution is -0.142. The Hall–Kier alpha value is -1.10. The maximum absolute atomic E-state index is 10.6. The molecule has 2 N–H and O–H groups in total. The Balaban J connectivity index is 4.25. The van der Waals surface area contributed by atoms with Crippen LogP contribution in [0, 0.1) is 5.92 Å². The summed E-state index contributed by atoms with van der Waals surface area (Å²) in [6.45, 7) is 5.61. The normalized spacial score (nSPS) is 13.1. The molecule has 1 unspecified atom stereocenters. The third kappa shape index (κ3) is 7.23. The number of aliphatic carboxylic acids is 2. The number of carboxylic acid groups (broad SMARTS) is 2. The number of hydrogen-bond acceptors (Lipinski definition) is 3.